The highest BCUT2D eigenvalue weighted by molar-refractivity contribution is 5.99. The number of nitrogens with one attached hydrogen (secondary N) is 3. The maximum atomic E-state index is 14.1. The first kappa shape index (κ1) is 18.7. The summed E-state index contributed by atoms with van der Waals surface area (Å²) in [4.78, 5) is 30.6. The van der Waals surface area contributed by atoms with Crippen LogP contribution in [0.3, 0.4) is 0 Å². The highest BCUT2D eigenvalue weighted by atomic mass is 19.1. The fourth-order valence-corrected chi connectivity index (χ4v) is 2.35. The first-order chi connectivity index (χ1) is 13.6. The van der Waals surface area contributed by atoms with Crippen molar-refractivity contribution in [1.29, 1.82) is 0 Å². The number of rotatable bonds is 6. The second-order valence-corrected chi connectivity index (χ2v) is 5.57. The SMILES string of the molecule is C/C(=C\c1cncnc1NC=O)c1ccc(F)c(NC(=O)Nc2ccno2)c1. The summed E-state index contributed by atoms with van der Waals surface area (Å²) >= 11 is 0. The predicted molar refractivity (Wildman–Crippen MR) is 101 cm³/mol. The van der Waals surface area contributed by atoms with Crippen molar-refractivity contribution in [2.24, 2.45) is 0 Å². The number of nitrogens with zero attached hydrogens (tertiary/aromatic N) is 3. The van der Waals surface area contributed by atoms with Gasteiger partial charge in [0.15, 0.2) is 0 Å². The lowest BCUT2D eigenvalue weighted by molar-refractivity contribution is -0.105. The molecule has 2 heterocycles. The molecule has 0 aliphatic heterocycles. The molecule has 3 amide bonds. The molecule has 0 bridgehead atoms. The number of hydrogen-bond donors (Lipinski definition) is 3. The van der Waals surface area contributed by atoms with Crippen molar-refractivity contribution in [3.8, 4) is 0 Å². The van der Waals surface area contributed by atoms with Gasteiger partial charge < -0.3 is 15.2 Å². The summed E-state index contributed by atoms with van der Waals surface area (Å²) in [5.74, 6) is -0.128. The van der Waals surface area contributed by atoms with Crippen LogP contribution in [0.4, 0.5) is 26.6 Å². The molecule has 0 unspecified atom stereocenters. The topological polar surface area (TPSA) is 122 Å². The monoisotopic (exact) mass is 382 g/mol. The van der Waals surface area contributed by atoms with E-state index in [0.29, 0.717) is 23.4 Å². The molecule has 1 aromatic carbocycles. The van der Waals surface area contributed by atoms with Crippen LogP contribution in [0.1, 0.15) is 18.1 Å². The van der Waals surface area contributed by atoms with Gasteiger partial charge in [-0.25, -0.2) is 19.2 Å². The fraction of sp³-hybridized carbons (Fsp3) is 0.0556. The van der Waals surface area contributed by atoms with Crippen LogP contribution in [0.2, 0.25) is 0 Å². The van der Waals surface area contributed by atoms with Crippen LogP contribution in [0.25, 0.3) is 11.6 Å². The second-order valence-electron chi connectivity index (χ2n) is 5.57. The molecule has 142 valence electrons. The van der Waals surface area contributed by atoms with Gasteiger partial charge in [0.05, 0.1) is 11.9 Å². The number of anilines is 3. The molecule has 0 atom stereocenters. The van der Waals surface area contributed by atoms with Crippen molar-refractivity contribution < 1.29 is 18.5 Å². The molecule has 0 saturated carbocycles. The van der Waals surface area contributed by atoms with Crippen molar-refractivity contribution in [2.45, 2.75) is 6.92 Å². The Morgan fingerprint density at radius 3 is 2.86 bits per heavy atom. The number of allylic oxidation sites excluding steroid dienone is 1. The zero-order valence-corrected chi connectivity index (χ0v) is 14.6. The molecular weight excluding hydrogens is 367 g/mol. The average Bonchev–Trinajstić information content (AvgIpc) is 3.18. The number of amides is 3. The van der Waals surface area contributed by atoms with Crippen LogP contribution >= 0.6 is 0 Å². The average molecular weight is 382 g/mol. The van der Waals surface area contributed by atoms with Crippen LogP contribution in [0.15, 0.2) is 47.5 Å². The highest BCUT2D eigenvalue weighted by Gasteiger charge is 2.11. The molecule has 3 N–H and O–H groups in total. The van der Waals surface area contributed by atoms with E-state index in [1.807, 2.05) is 0 Å². The Morgan fingerprint density at radius 1 is 1.25 bits per heavy atom. The Bertz CT molecular complexity index is 1020. The Kier molecular flexibility index (Phi) is 5.70. The molecule has 3 aromatic rings. The highest BCUT2D eigenvalue weighted by Crippen LogP contribution is 2.25. The third kappa shape index (κ3) is 4.55. The van der Waals surface area contributed by atoms with Gasteiger partial charge in [0, 0.05) is 17.8 Å². The minimum Gasteiger partial charge on any atom is -0.338 e. The molecule has 9 nitrogen and oxygen atoms in total. The minimum atomic E-state index is -0.677. The normalized spacial score (nSPS) is 11.0. The fourth-order valence-electron chi connectivity index (χ4n) is 2.35. The van der Waals surface area contributed by atoms with Gasteiger partial charge >= 0.3 is 6.03 Å². The summed E-state index contributed by atoms with van der Waals surface area (Å²) in [6.07, 6.45) is 6.47. The summed E-state index contributed by atoms with van der Waals surface area (Å²) < 4.78 is 18.9. The number of benzene rings is 1. The predicted octanol–water partition coefficient (Wildman–Crippen LogP) is 3.38. The minimum absolute atomic E-state index is 0.0159. The van der Waals surface area contributed by atoms with Crippen molar-refractivity contribution in [3.05, 3.63) is 59.9 Å². The van der Waals surface area contributed by atoms with E-state index in [1.165, 1.54) is 36.9 Å². The Morgan fingerprint density at radius 2 is 2.11 bits per heavy atom. The summed E-state index contributed by atoms with van der Waals surface area (Å²) in [7, 11) is 0. The molecule has 0 saturated heterocycles. The van der Waals surface area contributed by atoms with E-state index in [4.69, 9.17) is 4.52 Å². The van der Waals surface area contributed by atoms with Gasteiger partial charge in [-0.15, -0.1) is 0 Å². The lowest BCUT2D eigenvalue weighted by Crippen LogP contribution is -2.19. The van der Waals surface area contributed by atoms with E-state index in [9.17, 15) is 14.0 Å². The smallest absolute Gasteiger partial charge is 0.326 e. The van der Waals surface area contributed by atoms with E-state index < -0.39 is 11.8 Å². The van der Waals surface area contributed by atoms with Gasteiger partial charge in [-0.2, -0.15) is 0 Å². The lowest BCUT2D eigenvalue weighted by Gasteiger charge is -2.10. The van der Waals surface area contributed by atoms with Gasteiger partial charge in [0.2, 0.25) is 12.3 Å². The van der Waals surface area contributed by atoms with Gasteiger partial charge in [-0.05, 0) is 36.3 Å². The molecule has 28 heavy (non-hydrogen) atoms. The summed E-state index contributed by atoms with van der Waals surface area (Å²) in [5.41, 5.74) is 1.95. The van der Waals surface area contributed by atoms with Crippen LogP contribution in [-0.2, 0) is 4.79 Å². The molecule has 0 aliphatic carbocycles. The first-order valence-electron chi connectivity index (χ1n) is 8.04. The number of halogens is 1. The van der Waals surface area contributed by atoms with Crippen LogP contribution in [-0.4, -0.2) is 27.6 Å². The van der Waals surface area contributed by atoms with E-state index in [1.54, 1.807) is 19.1 Å². The Hall–Kier alpha value is -4.08. The zero-order valence-electron chi connectivity index (χ0n) is 14.6. The first-order valence-corrected chi connectivity index (χ1v) is 8.04. The Balaban J connectivity index is 1.82. The quantitative estimate of drug-likeness (QED) is 0.562. The lowest BCUT2D eigenvalue weighted by atomic mass is 10.0. The standard InChI is InChI=1S/C18H15FN6O3/c1-11(6-13-8-20-9-21-17(13)22-10-26)12-2-3-14(19)15(7-12)24-18(27)25-16-4-5-23-28-16/h2-10H,1H3,(H2,24,25,27)(H,20,21,22,26)/b11-6+. The molecule has 0 radical (unpaired) electrons. The molecule has 3 rings (SSSR count). The van der Waals surface area contributed by atoms with E-state index in [-0.39, 0.29) is 11.6 Å². The number of aromatic nitrogens is 3. The summed E-state index contributed by atoms with van der Waals surface area (Å²) in [6, 6.07) is 5.06. The number of carbonyl (C=O) groups excluding carboxylic acids is 2. The van der Waals surface area contributed by atoms with E-state index in [2.05, 4.69) is 31.1 Å². The van der Waals surface area contributed by atoms with Gasteiger partial charge in [0.1, 0.15) is 18.0 Å². The van der Waals surface area contributed by atoms with Crippen molar-refractivity contribution >= 4 is 41.5 Å². The largest absolute Gasteiger partial charge is 0.338 e. The zero-order chi connectivity index (χ0) is 19.9. The van der Waals surface area contributed by atoms with Crippen molar-refractivity contribution in [2.75, 3.05) is 16.0 Å². The number of hydrogen-bond acceptors (Lipinski definition) is 6. The number of urea groups is 1. The third-order valence-corrected chi connectivity index (χ3v) is 3.65. The van der Waals surface area contributed by atoms with Gasteiger partial charge in [0.25, 0.3) is 0 Å². The van der Waals surface area contributed by atoms with E-state index in [0.717, 1.165) is 5.57 Å². The number of carbonyl (C=O) groups is 2. The molecule has 0 aliphatic rings. The van der Waals surface area contributed by atoms with Gasteiger partial charge in [-0.3, -0.25) is 10.1 Å². The molecular formula is C18H15FN6O3. The third-order valence-electron chi connectivity index (χ3n) is 3.65. The maximum absolute atomic E-state index is 14.1. The van der Waals surface area contributed by atoms with Crippen LogP contribution in [0.5, 0.6) is 0 Å². The van der Waals surface area contributed by atoms with Crippen molar-refractivity contribution in [3.63, 3.8) is 0 Å². The van der Waals surface area contributed by atoms with Crippen LogP contribution < -0.4 is 16.0 Å². The second kappa shape index (κ2) is 8.54. The molecule has 0 spiro atoms. The van der Waals surface area contributed by atoms with Crippen molar-refractivity contribution in [1.82, 2.24) is 15.1 Å². The molecule has 10 heteroatoms. The van der Waals surface area contributed by atoms with Crippen LogP contribution in [0, 0.1) is 5.82 Å². The molecule has 0 fully saturated rings. The molecule has 2 aromatic heterocycles. The summed E-state index contributed by atoms with van der Waals surface area (Å²) in [6.45, 7) is 1.79. The summed E-state index contributed by atoms with van der Waals surface area (Å²) in [5, 5.41) is 10.8. The maximum Gasteiger partial charge on any atom is 0.326 e. The Labute approximate surface area is 158 Å². The van der Waals surface area contributed by atoms with Gasteiger partial charge in [-0.1, -0.05) is 11.2 Å². The van der Waals surface area contributed by atoms with E-state index >= 15 is 0 Å².